The Hall–Kier alpha value is -2.89. The van der Waals surface area contributed by atoms with Crippen molar-refractivity contribution in [3.8, 4) is 0 Å². The summed E-state index contributed by atoms with van der Waals surface area (Å²) in [5, 5.41) is 5.30. The van der Waals surface area contributed by atoms with E-state index in [-0.39, 0.29) is 11.8 Å². The first kappa shape index (κ1) is 16.6. The molecule has 0 aromatic heterocycles. The Morgan fingerprint density at radius 3 is 2.31 bits per heavy atom. The monoisotopic (exact) mass is 365 g/mol. The third kappa shape index (κ3) is 2.53. The second kappa shape index (κ2) is 6.44. The van der Waals surface area contributed by atoms with Crippen LogP contribution in [0, 0.1) is 0 Å². The van der Waals surface area contributed by atoms with Crippen LogP contribution < -0.4 is 16.0 Å². The number of rotatable bonds is 4. The molecule has 5 nitrogen and oxygen atoms in total. The van der Waals surface area contributed by atoms with E-state index in [2.05, 4.69) is 5.32 Å². The summed E-state index contributed by atoms with van der Waals surface area (Å²) in [5.74, 6) is -0.683. The zero-order valence-electron chi connectivity index (χ0n) is 13.8. The largest absolute Gasteiger partial charge is 0.383 e. The van der Waals surface area contributed by atoms with E-state index in [9.17, 15) is 9.59 Å². The molecule has 1 aliphatic heterocycles. The minimum absolute atomic E-state index is 0.341. The fraction of sp³-hybridized carbons (Fsp3) is 0.100. The van der Waals surface area contributed by atoms with Gasteiger partial charge >= 0.3 is 0 Å². The molecular formula is C20H16ClN3O2. The molecule has 0 fully saturated rings. The van der Waals surface area contributed by atoms with E-state index in [0.29, 0.717) is 40.3 Å². The molecule has 26 heavy (non-hydrogen) atoms. The Balaban J connectivity index is 1.89. The number of anilines is 2. The van der Waals surface area contributed by atoms with E-state index in [4.69, 9.17) is 17.3 Å². The van der Waals surface area contributed by atoms with Crippen LogP contribution in [0.15, 0.2) is 54.6 Å². The Kier molecular flexibility index (Phi) is 4.11. The van der Waals surface area contributed by atoms with Crippen LogP contribution in [0.25, 0.3) is 10.8 Å². The Labute approximate surface area is 155 Å². The molecule has 3 N–H and O–H groups in total. The van der Waals surface area contributed by atoms with Crippen LogP contribution in [0.3, 0.4) is 0 Å². The van der Waals surface area contributed by atoms with Gasteiger partial charge in [0.1, 0.15) is 0 Å². The molecule has 0 bridgehead atoms. The van der Waals surface area contributed by atoms with Gasteiger partial charge in [-0.2, -0.15) is 0 Å². The average Bonchev–Trinajstić information content (AvgIpc) is 2.66. The summed E-state index contributed by atoms with van der Waals surface area (Å²) in [6.45, 7) is 1.10. The van der Waals surface area contributed by atoms with Crippen molar-refractivity contribution in [2.24, 2.45) is 5.73 Å². The quantitative estimate of drug-likeness (QED) is 0.692. The SMILES string of the molecule is NCCNc1ccc2c3c(cccc13)C(=O)N(c1ccc(Cl)cc1)C2=O. The number of nitrogens with one attached hydrogen (secondary N) is 1. The lowest BCUT2D eigenvalue weighted by Crippen LogP contribution is -2.40. The highest BCUT2D eigenvalue weighted by Gasteiger charge is 2.34. The number of halogens is 1. The van der Waals surface area contributed by atoms with Crippen LogP contribution >= 0.6 is 11.6 Å². The predicted octanol–water partition coefficient (Wildman–Crippen LogP) is 3.66. The zero-order chi connectivity index (χ0) is 18.3. The Morgan fingerprint density at radius 2 is 1.62 bits per heavy atom. The number of nitrogens with zero attached hydrogens (tertiary/aromatic N) is 1. The topological polar surface area (TPSA) is 75.4 Å². The summed E-state index contributed by atoms with van der Waals surface area (Å²) in [4.78, 5) is 27.3. The van der Waals surface area contributed by atoms with E-state index in [0.717, 1.165) is 11.1 Å². The van der Waals surface area contributed by atoms with Crippen LogP contribution in [0.1, 0.15) is 20.7 Å². The van der Waals surface area contributed by atoms with Gasteiger partial charge in [-0.1, -0.05) is 23.7 Å². The second-order valence-corrected chi connectivity index (χ2v) is 6.46. The summed E-state index contributed by atoms with van der Waals surface area (Å²) in [6, 6.07) is 15.7. The van der Waals surface area contributed by atoms with E-state index in [1.165, 1.54) is 4.90 Å². The van der Waals surface area contributed by atoms with Gasteiger partial charge in [0.2, 0.25) is 0 Å². The van der Waals surface area contributed by atoms with E-state index < -0.39 is 0 Å². The van der Waals surface area contributed by atoms with Crippen LogP contribution in [-0.2, 0) is 0 Å². The van der Waals surface area contributed by atoms with Gasteiger partial charge in [-0.15, -0.1) is 0 Å². The molecule has 1 heterocycles. The van der Waals surface area contributed by atoms with Gasteiger partial charge in [0.05, 0.1) is 5.69 Å². The number of nitrogens with two attached hydrogens (primary N) is 1. The molecule has 0 saturated heterocycles. The highest BCUT2D eigenvalue weighted by atomic mass is 35.5. The normalized spacial score (nSPS) is 13.4. The Morgan fingerprint density at radius 1 is 0.923 bits per heavy atom. The molecule has 6 heteroatoms. The second-order valence-electron chi connectivity index (χ2n) is 6.03. The van der Waals surface area contributed by atoms with Crippen molar-refractivity contribution in [1.82, 2.24) is 0 Å². The molecule has 1 aliphatic rings. The van der Waals surface area contributed by atoms with Crippen molar-refractivity contribution >= 4 is 45.6 Å². The van der Waals surface area contributed by atoms with Crippen molar-refractivity contribution in [3.63, 3.8) is 0 Å². The first-order valence-electron chi connectivity index (χ1n) is 8.26. The van der Waals surface area contributed by atoms with Crippen molar-refractivity contribution < 1.29 is 9.59 Å². The number of amides is 2. The molecule has 0 aliphatic carbocycles. The molecule has 2 amide bonds. The standard InChI is InChI=1S/C20H16ClN3O2/c21-12-4-6-13(7-5-12)24-19(25)15-3-1-2-14-17(23-11-10-22)9-8-16(18(14)15)20(24)26/h1-9,23H,10-11,22H2. The lowest BCUT2D eigenvalue weighted by molar-refractivity contribution is 0.0893. The third-order valence-electron chi connectivity index (χ3n) is 4.45. The van der Waals surface area contributed by atoms with Gasteiger partial charge in [0, 0.05) is 45.7 Å². The predicted molar refractivity (Wildman–Crippen MR) is 104 cm³/mol. The van der Waals surface area contributed by atoms with Crippen LogP contribution in [0.2, 0.25) is 5.02 Å². The van der Waals surface area contributed by atoms with E-state index >= 15 is 0 Å². The Bertz CT molecular complexity index is 1010. The first-order valence-corrected chi connectivity index (χ1v) is 8.63. The molecule has 3 aromatic carbocycles. The fourth-order valence-electron chi connectivity index (χ4n) is 3.28. The van der Waals surface area contributed by atoms with Crippen molar-refractivity contribution in [3.05, 3.63) is 70.7 Å². The average molecular weight is 366 g/mol. The van der Waals surface area contributed by atoms with Crippen LogP contribution in [0.4, 0.5) is 11.4 Å². The highest BCUT2D eigenvalue weighted by Crippen LogP contribution is 2.36. The molecule has 0 spiro atoms. The molecule has 3 aromatic rings. The lowest BCUT2D eigenvalue weighted by atomic mass is 9.92. The fourth-order valence-corrected chi connectivity index (χ4v) is 3.41. The molecule has 0 saturated carbocycles. The maximum Gasteiger partial charge on any atom is 0.265 e. The van der Waals surface area contributed by atoms with E-state index in [1.807, 2.05) is 18.2 Å². The number of imide groups is 1. The molecule has 4 rings (SSSR count). The maximum absolute atomic E-state index is 13.1. The maximum atomic E-state index is 13.1. The summed E-state index contributed by atoms with van der Waals surface area (Å²) >= 11 is 5.92. The third-order valence-corrected chi connectivity index (χ3v) is 4.70. The molecule has 0 radical (unpaired) electrons. The minimum Gasteiger partial charge on any atom is -0.383 e. The summed E-state index contributed by atoms with van der Waals surface area (Å²) in [7, 11) is 0. The van der Waals surface area contributed by atoms with Crippen molar-refractivity contribution in [2.75, 3.05) is 23.3 Å². The minimum atomic E-state index is -0.341. The number of hydrogen-bond acceptors (Lipinski definition) is 4. The van der Waals surface area contributed by atoms with Crippen molar-refractivity contribution in [1.29, 1.82) is 0 Å². The smallest absolute Gasteiger partial charge is 0.265 e. The zero-order valence-corrected chi connectivity index (χ0v) is 14.6. The molecular weight excluding hydrogens is 350 g/mol. The van der Waals surface area contributed by atoms with Gasteiger partial charge < -0.3 is 11.1 Å². The van der Waals surface area contributed by atoms with E-state index in [1.54, 1.807) is 36.4 Å². The van der Waals surface area contributed by atoms with Crippen molar-refractivity contribution in [2.45, 2.75) is 0 Å². The highest BCUT2D eigenvalue weighted by molar-refractivity contribution is 6.36. The van der Waals surface area contributed by atoms with Gasteiger partial charge in [0.15, 0.2) is 0 Å². The van der Waals surface area contributed by atoms with Gasteiger partial charge in [0.25, 0.3) is 11.8 Å². The van der Waals surface area contributed by atoms with Gasteiger partial charge in [-0.25, -0.2) is 4.90 Å². The number of benzene rings is 3. The van der Waals surface area contributed by atoms with Crippen LogP contribution in [0.5, 0.6) is 0 Å². The summed E-state index contributed by atoms with van der Waals surface area (Å²) in [5.41, 5.74) is 7.93. The number of hydrogen-bond donors (Lipinski definition) is 2. The van der Waals surface area contributed by atoms with Crippen LogP contribution in [-0.4, -0.2) is 24.9 Å². The molecule has 0 atom stereocenters. The number of carbonyl (C=O) groups is 2. The molecule has 0 unspecified atom stereocenters. The number of carbonyl (C=O) groups excluding carboxylic acids is 2. The summed E-state index contributed by atoms with van der Waals surface area (Å²) in [6.07, 6.45) is 0. The van der Waals surface area contributed by atoms with Gasteiger partial charge in [-0.05, 0) is 42.5 Å². The molecule has 130 valence electrons. The lowest BCUT2D eigenvalue weighted by Gasteiger charge is -2.28. The first-order chi connectivity index (χ1) is 12.6. The summed E-state index contributed by atoms with van der Waals surface area (Å²) < 4.78 is 0. The van der Waals surface area contributed by atoms with Gasteiger partial charge in [-0.3, -0.25) is 9.59 Å².